The topological polar surface area (TPSA) is 46.9 Å². The van der Waals surface area contributed by atoms with Crippen molar-refractivity contribution in [3.63, 3.8) is 0 Å². The Kier molecular flexibility index (Phi) is 4.12. The van der Waals surface area contributed by atoms with E-state index in [0.717, 1.165) is 11.4 Å². The molecule has 1 heterocycles. The summed E-state index contributed by atoms with van der Waals surface area (Å²) >= 11 is 12.0. The van der Waals surface area contributed by atoms with Gasteiger partial charge in [0.05, 0.1) is 27.8 Å². The van der Waals surface area contributed by atoms with Gasteiger partial charge in [0.1, 0.15) is 0 Å². The van der Waals surface area contributed by atoms with Crippen molar-refractivity contribution in [2.75, 3.05) is 5.32 Å². The van der Waals surface area contributed by atoms with Crippen molar-refractivity contribution in [3.8, 4) is 0 Å². The molecule has 0 radical (unpaired) electrons. The Labute approximate surface area is 121 Å². The van der Waals surface area contributed by atoms with Gasteiger partial charge in [-0.1, -0.05) is 29.3 Å². The van der Waals surface area contributed by atoms with Crippen LogP contribution >= 0.6 is 23.2 Å². The third-order valence-electron chi connectivity index (χ3n) is 2.67. The SMILES string of the molecule is Cc1cc(CC(=O)Nc2c(Cl)cccc2Cl)n(C)n1. The second kappa shape index (κ2) is 5.63. The lowest BCUT2D eigenvalue weighted by molar-refractivity contribution is -0.115. The van der Waals surface area contributed by atoms with E-state index in [9.17, 15) is 4.79 Å². The van der Waals surface area contributed by atoms with E-state index in [0.29, 0.717) is 15.7 Å². The zero-order valence-corrected chi connectivity index (χ0v) is 12.1. The molecule has 100 valence electrons. The lowest BCUT2D eigenvalue weighted by atomic mass is 10.2. The summed E-state index contributed by atoms with van der Waals surface area (Å²) in [6.07, 6.45) is 0.221. The van der Waals surface area contributed by atoms with Crippen molar-refractivity contribution in [1.82, 2.24) is 9.78 Å². The van der Waals surface area contributed by atoms with Gasteiger partial charge in [0.2, 0.25) is 5.91 Å². The van der Waals surface area contributed by atoms with Crippen molar-refractivity contribution in [1.29, 1.82) is 0 Å². The van der Waals surface area contributed by atoms with E-state index in [4.69, 9.17) is 23.2 Å². The predicted octanol–water partition coefficient (Wildman–Crippen LogP) is 3.22. The molecule has 4 nitrogen and oxygen atoms in total. The van der Waals surface area contributed by atoms with E-state index in [1.807, 2.05) is 13.0 Å². The van der Waals surface area contributed by atoms with Gasteiger partial charge in [0.15, 0.2) is 0 Å². The number of carbonyl (C=O) groups excluding carboxylic acids is 1. The highest BCUT2D eigenvalue weighted by Crippen LogP contribution is 2.29. The number of rotatable bonds is 3. The zero-order valence-electron chi connectivity index (χ0n) is 10.6. The molecule has 1 aromatic heterocycles. The standard InChI is InChI=1S/C13H13Cl2N3O/c1-8-6-9(18(2)17-8)7-12(19)16-13-10(14)4-3-5-11(13)15/h3-6H,7H2,1-2H3,(H,16,19). The Hall–Kier alpha value is -1.52. The molecule has 1 aromatic carbocycles. The molecule has 0 aliphatic rings. The molecule has 0 unspecified atom stereocenters. The maximum Gasteiger partial charge on any atom is 0.230 e. The Morgan fingerprint density at radius 1 is 1.37 bits per heavy atom. The molecular weight excluding hydrogens is 285 g/mol. The summed E-state index contributed by atoms with van der Waals surface area (Å²) in [6, 6.07) is 6.95. The molecule has 0 bridgehead atoms. The molecule has 0 fully saturated rings. The maximum absolute atomic E-state index is 12.0. The van der Waals surface area contributed by atoms with E-state index >= 15 is 0 Å². The minimum Gasteiger partial charge on any atom is -0.323 e. The first-order chi connectivity index (χ1) is 8.97. The van der Waals surface area contributed by atoms with Gasteiger partial charge in [0, 0.05) is 12.7 Å². The Morgan fingerprint density at radius 3 is 2.53 bits per heavy atom. The molecule has 0 saturated carbocycles. The summed E-state index contributed by atoms with van der Waals surface area (Å²) in [7, 11) is 1.80. The number of aryl methyl sites for hydroxylation is 2. The number of nitrogens with zero attached hydrogens (tertiary/aromatic N) is 2. The fraction of sp³-hybridized carbons (Fsp3) is 0.231. The largest absolute Gasteiger partial charge is 0.323 e. The molecule has 1 N–H and O–H groups in total. The Morgan fingerprint density at radius 2 is 2.00 bits per heavy atom. The van der Waals surface area contributed by atoms with Crippen LogP contribution in [0.15, 0.2) is 24.3 Å². The Bertz CT molecular complexity index is 602. The quantitative estimate of drug-likeness (QED) is 0.945. The van der Waals surface area contributed by atoms with Gasteiger partial charge in [-0.15, -0.1) is 0 Å². The molecule has 0 aliphatic heterocycles. The minimum atomic E-state index is -0.182. The van der Waals surface area contributed by atoms with Gasteiger partial charge in [-0.2, -0.15) is 5.10 Å². The van der Waals surface area contributed by atoms with E-state index in [1.54, 1.807) is 29.9 Å². The average Bonchev–Trinajstić information content (AvgIpc) is 2.63. The van der Waals surface area contributed by atoms with Crippen LogP contribution in [-0.2, 0) is 18.3 Å². The zero-order chi connectivity index (χ0) is 14.0. The van der Waals surface area contributed by atoms with Crippen LogP contribution in [0.5, 0.6) is 0 Å². The molecule has 0 spiro atoms. The highest BCUT2D eigenvalue weighted by atomic mass is 35.5. The van der Waals surface area contributed by atoms with Crippen LogP contribution in [0.25, 0.3) is 0 Å². The number of aromatic nitrogens is 2. The van der Waals surface area contributed by atoms with Crippen molar-refractivity contribution in [2.45, 2.75) is 13.3 Å². The highest BCUT2D eigenvalue weighted by Gasteiger charge is 2.12. The van der Waals surface area contributed by atoms with Crippen LogP contribution in [0.3, 0.4) is 0 Å². The van der Waals surface area contributed by atoms with Crippen molar-refractivity contribution in [2.24, 2.45) is 7.05 Å². The van der Waals surface area contributed by atoms with Gasteiger partial charge in [-0.05, 0) is 25.1 Å². The number of hydrogen-bond donors (Lipinski definition) is 1. The summed E-state index contributed by atoms with van der Waals surface area (Å²) in [6.45, 7) is 1.88. The average molecular weight is 298 g/mol. The molecule has 6 heteroatoms. The van der Waals surface area contributed by atoms with E-state index < -0.39 is 0 Å². The molecule has 2 rings (SSSR count). The van der Waals surface area contributed by atoms with Gasteiger partial charge in [-0.25, -0.2) is 0 Å². The predicted molar refractivity (Wildman–Crippen MR) is 76.7 cm³/mol. The summed E-state index contributed by atoms with van der Waals surface area (Å²) < 4.78 is 1.68. The number of carbonyl (C=O) groups is 1. The monoisotopic (exact) mass is 297 g/mol. The van der Waals surface area contributed by atoms with Gasteiger partial charge >= 0.3 is 0 Å². The third-order valence-corrected chi connectivity index (χ3v) is 3.30. The number of benzene rings is 1. The normalized spacial score (nSPS) is 10.5. The van der Waals surface area contributed by atoms with E-state index in [1.165, 1.54) is 0 Å². The second-order valence-electron chi connectivity index (χ2n) is 4.22. The smallest absolute Gasteiger partial charge is 0.230 e. The lowest BCUT2D eigenvalue weighted by Crippen LogP contribution is -2.16. The highest BCUT2D eigenvalue weighted by molar-refractivity contribution is 6.39. The van der Waals surface area contributed by atoms with Gasteiger partial charge in [0.25, 0.3) is 0 Å². The number of hydrogen-bond acceptors (Lipinski definition) is 2. The third kappa shape index (κ3) is 3.28. The summed E-state index contributed by atoms with van der Waals surface area (Å²) in [5.41, 5.74) is 2.15. The van der Waals surface area contributed by atoms with Crippen LogP contribution in [-0.4, -0.2) is 15.7 Å². The molecule has 19 heavy (non-hydrogen) atoms. The lowest BCUT2D eigenvalue weighted by Gasteiger charge is -2.09. The maximum atomic E-state index is 12.0. The molecular formula is C13H13Cl2N3O. The first-order valence-electron chi connectivity index (χ1n) is 5.70. The molecule has 0 atom stereocenters. The van der Waals surface area contributed by atoms with Crippen LogP contribution in [0.1, 0.15) is 11.4 Å². The Balaban J connectivity index is 2.12. The second-order valence-corrected chi connectivity index (χ2v) is 5.04. The van der Waals surface area contributed by atoms with Gasteiger partial charge < -0.3 is 5.32 Å². The van der Waals surface area contributed by atoms with Crippen LogP contribution in [0.2, 0.25) is 10.0 Å². The first-order valence-corrected chi connectivity index (χ1v) is 6.46. The van der Waals surface area contributed by atoms with Crippen molar-refractivity contribution < 1.29 is 4.79 Å². The van der Waals surface area contributed by atoms with Gasteiger partial charge in [-0.3, -0.25) is 9.48 Å². The van der Waals surface area contributed by atoms with Crippen molar-refractivity contribution >= 4 is 34.8 Å². The summed E-state index contributed by atoms with van der Waals surface area (Å²) in [5, 5.41) is 7.75. The van der Waals surface area contributed by atoms with E-state index in [-0.39, 0.29) is 12.3 Å². The number of nitrogens with one attached hydrogen (secondary N) is 1. The fourth-order valence-electron chi connectivity index (χ4n) is 1.80. The van der Waals surface area contributed by atoms with Crippen LogP contribution in [0, 0.1) is 6.92 Å². The summed E-state index contributed by atoms with van der Waals surface area (Å²) in [4.78, 5) is 12.0. The molecule has 1 amide bonds. The molecule has 0 aliphatic carbocycles. The number of halogens is 2. The molecule has 0 saturated heterocycles. The van der Waals surface area contributed by atoms with Crippen LogP contribution < -0.4 is 5.32 Å². The van der Waals surface area contributed by atoms with Crippen molar-refractivity contribution in [3.05, 3.63) is 45.7 Å². The van der Waals surface area contributed by atoms with Crippen LogP contribution in [0.4, 0.5) is 5.69 Å². The number of amides is 1. The molecule has 2 aromatic rings. The fourth-order valence-corrected chi connectivity index (χ4v) is 2.29. The number of anilines is 1. The minimum absolute atomic E-state index is 0.182. The summed E-state index contributed by atoms with van der Waals surface area (Å²) in [5.74, 6) is -0.182. The van der Waals surface area contributed by atoms with E-state index in [2.05, 4.69) is 10.4 Å². The number of para-hydroxylation sites is 1. The first kappa shape index (κ1) is 13.9.